The molecule has 2 aromatic rings. The number of benzene rings is 2. The van der Waals surface area contributed by atoms with E-state index in [9.17, 15) is 0 Å². The lowest BCUT2D eigenvalue weighted by Crippen LogP contribution is -2.12. The Hall–Kier alpha value is -1.26. The molecule has 0 saturated heterocycles. The zero-order chi connectivity index (χ0) is 14.7. The van der Waals surface area contributed by atoms with E-state index in [4.69, 9.17) is 11.1 Å². The van der Waals surface area contributed by atoms with Gasteiger partial charge in [-0.1, -0.05) is 45.3 Å². The normalized spacial score (nSPS) is 10.6. The number of rotatable bonds is 4. The second kappa shape index (κ2) is 6.46. The molecule has 0 bridgehead atoms. The predicted molar refractivity (Wildman–Crippen MR) is 90.6 cm³/mol. The summed E-state index contributed by atoms with van der Waals surface area (Å²) in [6, 6.07) is 12.4. The van der Waals surface area contributed by atoms with Crippen LogP contribution in [0.25, 0.3) is 0 Å². The first-order valence-corrected chi connectivity index (χ1v) is 8.07. The number of nitrogen functional groups attached to an aromatic ring is 1. The Balaban J connectivity index is 2.22. The van der Waals surface area contributed by atoms with Crippen molar-refractivity contribution in [3.63, 3.8) is 0 Å². The maximum Gasteiger partial charge on any atom is 0.123 e. The van der Waals surface area contributed by atoms with Gasteiger partial charge in [0.2, 0.25) is 0 Å². The number of aryl methyl sites for hydroxylation is 2. The molecule has 0 aliphatic rings. The van der Waals surface area contributed by atoms with E-state index in [-0.39, 0.29) is 5.84 Å². The van der Waals surface area contributed by atoms with Crippen LogP contribution in [0, 0.1) is 19.3 Å². The number of hydrogen-bond donors (Lipinski definition) is 2. The van der Waals surface area contributed by atoms with E-state index < -0.39 is 0 Å². The molecule has 0 spiro atoms. The van der Waals surface area contributed by atoms with E-state index >= 15 is 0 Å². The smallest absolute Gasteiger partial charge is 0.123 e. The zero-order valence-electron chi connectivity index (χ0n) is 11.5. The summed E-state index contributed by atoms with van der Waals surface area (Å²) in [5, 5.41) is 7.65. The SMILES string of the molecule is Cc1cc(C)cc(CSc2cc(Br)ccc2C(=N)N)c1. The lowest BCUT2D eigenvalue weighted by atomic mass is 10.1. The Morgan fingerprint density at radius 1 is 1.15 bits per heavy atom. The van der Waals surface area contributed by atoms with Gasteiger partial charge in [-0.3, -0.25) is 5.41 Å². The van der Waals surface area contributed by atoms with Gasteiger partial charge in [0.15, 0.2) is 0 Å². The van der Waals surface area contributed by atoms with E-state index in [0.717, 1.165) is 20.7 Å². The van der Waals surface area contributed by atoms with Crippen molar-refractivity contribution >= 4 is 33.5 Å². The molecule has 0 amide bonds. The second-order valence-electron chi connectivity index (χ2n) is 4.84. The van der Waals surface area contributed by atoms with E-state index in [1.807, 2.05) is 18.2 Å². The fraction of sp³-hybridized carbons (Fsp3) is 0.188. The highest BCUT2D eigenvalue weighted by Gasteiger charge is 2.07. The van der Waals surface area contributed by atoms with Gasteiger partial charge in [-0.2, -0.15) is 0 Å². The van der Waals surface area contributed by atoms with E-state index in [0.29, 0.717) is 0 Å². The van der Waals surface area contributed by atoms with Crippen LogP contribution in [-0.2, 0) is 5.75 Å². The molecule has 2 rings (SSSR count). The number of nitrogens with one attached hydrogen (secondary N) is 1. The van der Waals surface area contributed by atoms with Gasteiger partial charge in [0.05, 0.1) is 0 Å². The molecule has 0 fully saturated rings. The van der Waals surface area contributed by atoms with Crippen molar-refractivity contribution in [3.05, 3.63) is 63.1 Å². The van der Waals surface area contributed by atoms with Crippen molar-refractivity contribution < 1.29 is 0 Å². The first-order chi connectivity index (χ1) is 9.45. The molecule has 0 aliphatic heterocycles. The van der Waals surface area contributed by atoms with Gasteiger partial charge in [0, 0.05) is 20.7 Å². The number of halogens is 1. The second-order valence-corrected chi connectivity index (χ2v) is 6.77. The Morgan fingerprint density at radius 2 is 1.80 bits per heavy atom. The zero-order valence-corrected chi connectivity index (χ0v) is 13.9. The maximum absolute atomic E-state index is 7.65. The average molecular weight is 349 g/mol. The Labute approximate surface area is 132 Å². The lowest BCUT2D eigenvalue weighted by Gasteiger charge is -2.09. The van der Waals surface area contributed by atoms with Crippen molar-refractivity contribution in [2.75, 3.05) is 0 Å². The third kappa shape index (κ3) is 3.87. The summed E-state index contributed by atoms with van der Waals surface area (Å²) in [5.74, 6) is 0.986. The van der Waals surface area contributed by atoms with Crippen LogP contribution in [0.4, 0.5) is 0 Å². The summed E-state index contributed by atoms with van der Waals surface area (Å²) >= 11 is 5.18. The van der Waals surface area contributed by atoms with Crippen molar-refractivity contribution in [1.82, 2.24) is 0 Å². The molecule has 20 heavy (non-hydrogen) atoms. The highest BCUT2D eigenvalue weighted by atomic mass is 79.9. The molecule has 0 atom stereocenters. The molecule has 2 aromatic carbocycles. The predicted octanol–water partition coefficient (Wildman–Crippen LogP) is 4.64. The summed E-state index contributed by atoms with van der Waals surface area (Å²) in [5.41, 5.74) is 10.3. The van der Waals surface area contributed by atoms with Gasteiger partial charge in [-0.05, 0) is 37.6 Å². The van der Waals surface area contributed by atoms with Crippen LogP contribution in [0.3, 0.4) is 0 Å². The maximum atomic E-state index is 7.65. The quantitative estimate of drug-likeness (QED) is 0.480. The molecule has 0 heterocycles. The Kier molecular flexibility index (Phi) is 4.89. The van der Waals surface area contributed by atoms with E-state index in [2.05, 4.69) is 48.0 Å². The molecule has 4 heteroatoms. The molecule has 0 saturated carbocycles. The van der Waals surface area contributed by atoms with Gasteiger partial charge >= 0.3 is 0 Å². The summed E-state index contributed by atoms with van der Waals surface area (Å²) in [4.78, 5) is 1.03. The minimum absolute atomic E-state index is 0.112. The lowest BCUT2D eigenvalue weighted by molar-refractivity contribution is 1.28. The summed E-state index contributed by atoms with van der Waals surface area (Å²) in [6.45, 7) is 4.22. The monoisotopic (exact) mass is 348 g/mol. The largest absolute Gasteiger partial charge is 0.384 e. The molecular formula is C16H17BrN2S. The fourth-order valence-corrected chi connectivity index (χ4v) is 3.70. The number of hydrogen-bond acceptors (Lipinski definition) is 2. The highest BCUT2D eigenvalue weighted by Crippen LogP contribution is 2.29. The van der Waals surface area contributed by atoms with Crippen molar-refractivity contribution in [2.45, 2.75) is 24.5 Å². The third-order valence-corrected chi connectivity index (χ3v) is 4.53. The Bertz CT molecular complexity index is 633. The van der Waals surface area contributed by atoms with Crippen LogP contribution < -0.4 is 5.73 Å². The number of thioether (sulfide) groups is 1. The van der Waals surface area contributed by atoms with Gasteiger partial charge in [-0.15, -0.1) is 11.8 Å². The van der Waals surface area contributed by atoms with Crippen molar-refractivity contribution in [3.8, 4) is 0 Å². The van der Waals surface area contributed by atoms with E-state index in [1.54, 1.807) is 11.8 Å². The van der Waals surface area contributed by atoms with Gasteiger partial charge < -0.3 is 5.73 Å². The first-order valence-electron chi connectivity index (χ1n) is 6.29. The topological polar surface area (TPSA) is 49.9 Å². The molecule has 104 valence electrons. The van der Waals surface area contributed by atoms with Gasteiger partial charge in [-0.25, -0.2) is 0 Å². The minimum Gasteiger partial charge on any atom is -0.384 e. The standard InChI is InChI=1S/C16H17BrN2S/c1-10-5-11(2)7-12(6-10)9-20-15-8-13(17)3-4-14(15)16(18)19/h3-8H,9H2,1-2H3,(H3,18,19). The van der Waals surface area contributed by atoms with Crippen molar-refractivity contribution in [2.24, 2.45) is 5.73 Å². The molecule has 2 nitrogen and oxygen atoms in total. The number of nitrogens with two attached hydrogens (primary N) is 1. The third-order valence-electron chi connectivity index (χ3n) is 2.91. The van der Waals surface area contributed by atoms with Crippen LogP contribution in [-0.4, -0.2) is 5.84 Å². The van der Waals surface area contributed by atoms with Crippen LogP contribution in [0.5, 0.6) is 0 Å². The minimum atomic E-state index is 0.112. The number of amidine groups is 1. The van der Waals surface area contributed by atoms with Crippen LogP contribution >= 0.6 is 27.7 Å². The van der Waals surface area contributed by atoms with Crippen LogP contribution in [0.1, 0.15) is 22.3 Å². The summed E-state index contributed by atoms with van der Waals surface area (Å²) in [6.07, 6.45) is 0. The molecule has 0 unspecified atom stereocenters. The van der Waals surface area contributed by atoms with Crippen LogP contribution in [0.15, 0.2) is 45.8 Å². The van der Waals surface area contributed by atoms with Gasteiger partial charge in [0.1, 0.15) is 5.84 Å². The Morgan fingerprint density at radius 3 is 2.40 bits per heavy atom. The summed E-state index contributed by atoms with van der Waals surface area (Å²) in [7, 11) is 0. The molecule has 0 aromatic heterocycles. The van der Waals surface area contributed by atoms with E-state index in [1.165, 1.54) is 16.7 Å². The highest BCUT2D eigenvalue weighted by molar-refractivity contribution is 9.10. The fourth-order valence-electron chi connectivity index (χ4n) is 2.15. The van der Waals surface area contributed by atoms with Gasteiger partial charge in [0.25, 0.3) is 0 Å². The average Bonchev–Trinajstić information content (AvgIpc) is 2.35. The summed E-state index contributed by atoms with van der Waals surface area (Å²) < 4.78 is 1.01. The van der Waals surface area contributed by atoms with Crippen LogP contribution in [0.2, 0.25) is 0 Å². The molecule has 0 radical (unpaired) electrons. The molecule has 3 N–H and O–H groups in total. The molecule has 0 aliphatic carbocycles. The molecular weight excluding hydrogens is 332 g/mol. The first kappa shape index (κ1) is 15.1. The van der Waals surface area contributed by atoms with Crippen molar-refractivity contribution in [1.29, 1.82) is 5.41 Å².